The minimum absolute atomic E-state index is 0.266. The Labute approximate surface area is 113 Å². The topological polar surface area (TPSA) is 72.2 Å². The van der Waals surface area contributed by atoms with Gasteiger partial charge in [-0.25, -0.2) is 13.1 Å². The molecule has 2 rings (SSSR count). The molecule has 0 amide bonds. The van der Waals surface area contributed by atoms with E-state index in [9.17, 15) is 8.42 Å². The van der Waals surface area contributed by atoms with Crippen molar-refractivity contribution in [3.8, 4) is 0 Å². The summed E-state index contributed by atoms with van der Waals surface area (Å²) in [5, 5.41) is 0. The molecule has 0 radical (unpaired) electrons. The lowest BCUT2D eigenvalue weighted by atomic mass is 10.1. The molecule has 2 aromatic carbocycles. The van der Waals surface area contributed by atoms with E-state index in [2.05, 4.69) is 4.72 Å². The van der Waals surface area contributed by atoms with Gasteiger partial charge in [-0.2, -0.15) is 0 Å². The van der Waals surface area contributed by atoms with Gasteiger partial charge in [-0.05, 0) is 23.3 Å². The molecule has 100 valence electrons. The summed E-state index contributed by atoms with van der Waals surface area (Å²) in [7, 11) is -3.45. The lowest BCUT2D eigenvalue weighted by Gasteiger charge is -2.07. The number of benzene rings is 2. The molecule has 0 spiro atoms. The van der Waals surface area contributed by atoms with Crippen LogP contribution < -0.4 is 10.5 Å². The number of rotatable bonds is 5. The summed E-state index contributed by atoms with van der Waals surface area (Å²) in [6, 6.07) is 15.9. The van der Waals surface area contributed by atoms with Crippen LogP contribution in [0.3, 0.4) is 0 Å². The largest absolute Gasteiger partial charge is 0.326 e. The normalized spacial score (nSPS) is 11.4. The molecule has 0 aliphatic heterocycles. The number of sulfonamides is 1. The van der Waals surface area contributed by atoms with Crippen LogP contribution in [0.2, 0.25) is 0 Å². The Morgan fingerprint density at radius 1 is 0.895 bits per heavy atom. The van der Waals surface area contributed by atoms with Gasteiger partial charge in [-0.15, -0.1) is 0 Å². The predicted octanol–water partition coefficient (Wildman–Crippen LogP) is 1.62. The highest BCUT2D eigenvalue weighted by atomic mass is 32.2. The van der Waals surface area contributed by atoms with Gasteiger partial charge < -0.3 is 5.73 Å². The maximum absolute atomic E-state index is 12.0. The Hall–Kier alpha value is -1.69. The zero-order valence-corrected chi connectivity index (χ0v) is 11.2. The molecule has 0 saturated carbocycles. The maximum Gasteiger partial charge on any atom is 0.240 e. The van der Waals surface area contributed by atoms with E-state index >= 15 is 0 Å². The molecule has 0 bridgehead atoms. The fraction of sp³-hybridized carbons (Fsp3) is 0.143. The zero-order valence-electron chi connectivity index (χ0n) is 10.4. The number of nitrogens with two attached hydrogens (primary N) is 1. The summed E-state index contributed by atoms with van der Waals surface area (Å²) in [6.07, 6.45) is 0. The van der Waals surface area contributed by atoms with Gasteiger partial charge in [-0.1, -0.05) is 42.5 Å². The van der Waals surface area contributed by atoms with E-state index in [1.165, 1.54) is 0 Å². The summed E-state index contributed by atoms with van der Waals surface area (Å²) in [4.78, 5) is 0.272. The second-order valence-electron chi connectivity index (χ2n) is 4.16. The Morgan fingerprint density at radius 3 is 2.05 bits per heavy atom. The first-order valence-electron chi connectivity index (χ1n) is 5.94. The third-order valence-corrected chi connectivity index (χ3v) is 4.20. The molecule has 0 aliphatic carbocycles. The molecule has 0 fully saturated rings. The van der Waals surface area contributed by atoms with Crippen LogP contribution in [0.25, 0.3) is 0 Å². The van der Waals surface area contributed by atoms with Crippen molar-refractivity contribution in [3.63, 3.8) is 0 Å². The summed E-state index contributed by atoms with van der Waals surface area (Å²) >= 11 is 0. The highest BCUT2D eigenvalue weighted by Crippen LogP contribution is 2.09. The maximum atomic E-state index is 12.0. The van der Waals surface area contributed by atoms with E-state index in [1.807, 2.05) is 24.3 Å². The molecule has 3 N–H and O–H groups in total. The van der Waals surface area contributed by atoms with E-state index in [1.54, 1.807) is 30.3 Å². The standard InChI is InChI=1S/C14H16N2O2S/c15-10-12-6-8-13(9-7-12)11-16-19(17,18)14-4-2-1-3-5-14/h1-9,16H,10-11,15H2. The Morgan fingerprint density at radius 2 is 1.47 bits per heavy atom. The third-order valence-electron chi connectivity index (χ3n) is 2.78. The Kier molecular flexibility index (Phi) is 4.31. The first-order chi connectivity index (χ1) is 9.12. The minimum Gasteiger partial charge on any atom is -0.326 e. The predicted molar refractivity (Wildman–Crippen MR) is 74.8 cm³/mol. The molecule has 5 heteroatoms. The first-order valence-corrected chi connectivity index (χ1v) is 7.43. The van der Waals surface area contributed by atoms with Gasteiger partial charge in [-0.3, -0.25) is 0 Å². The summed E-state index contributed by atoms with van der Waals surface area (Å²) in [6.45, 7) is 0.748. The molecule has 4 nitrogen and oxygen atoms in total. The molecular formula is C14H16N2O2S. The van der Waals surface area contributed by atoms with Crippen LogP contribution in [0.4, 0.5) is 0 Å². The Balaban J connectivity index is 2.05. The van der Waals surface area contributed by atoms with E-state index < -0.39 is 10.0 Å². The molecule has 0 unspecified atom stereocenters. The van der Waals surface area contributed by atoms with Gasteiger partial charge in [0.15, 0.2) is 0 Å². The van der Waals surface area contributed by atoms with Crippen molar-refractivity contribution in [2.45, 2.75) is 18.0 Å². The van der Waals surface area contributed by atoms with Crippen LogP contribution in [0.5, 0.6) is 0 Å². The van der Waals surface area contributed by atoms with Crippen molar-refractivity contribution in [2.24, 2.45) is 5.73 Å². The average Bonchev–Trinajstić information content (AvgIpc) is 2.47. The quantitative estimate of drug-likeness (QED) is 0.871. The van der Waals surface area contributed by atoms with Gasteiger partial charge in [0.25, 0.3) is 0 Å². The molecular weight excluding hydrogens is 260 g/mol. The molecule has 0 heterocycles. The number of hydrogen-bond acceptors (Lipinski definition) is 3. The lowest BCUT2D eigenvalue weighted by molar-refractivity contribution is 0.581. The molecule has 19 heavy (non-hydrogen) atoms. The van der Waals surface area contributed by atoms with Crippen molar-refractivity contribution in [1.82, 2.24) is 4.72 Å². The lowest BCUT2D eigenvalue weighted by Crippen LogP contribution is -2.23. The Bertz CT molecular complexity index is 622. The molecule has 0 atom stereocenters. The van der Waals surface area contributed by atoms with Crippen molar-refractivity contribution < 1.29 is 8.42 Å². The van der Waals surface area contributed by atoms with Gasteiger partial charge in [0.2, 0.25) is 10.0 Å². The van der Waals surface area contributed by atoms with Crippen molar-refractivity contribution in [1.29, 1.82) is 0 Å². The zero-order chi connectivity index (χ0) is 13.7. The van der Waals surface area contributed by atoms with Crippen molar-refractivity contribution in [3.05, 3.63) is 65.7 Å². The number of hydrogen-bond donors (Lipinski definition) is 2. The summed E-state index contributed by atoms with van der Waals surface area (Å²) in [5.41, 5.74) is 7.43. The second kappa shape index (κ2) is 5.97. The van der Waals surface area contributed by atoms with Gasteiger partial charge in [0.05, 0.1) is 4.90 Å². The van der Waals surface area contributed by atoms with Crippen LogP contribution in [-0.4, -0.2) is 8.42 Å². The highest BCUT2D eigenvalue weighted by Gasteiger charge is 2.12. The molecule has 0 aromatic heterocycles. The average molecular weight is 276 g/mol. The van der Waals surface area contributed by atoms with Crippen LogP contribution >= 0.6 is 0 Å². The third kappa shape index (κ3) is 3.64. The van der Waals surface area contributed by atoms with Crippen LogP contribution in [-0.2, 0) is 23.1 Å². The molecule has 0 aliphatic rings. The van der Waals surface area contributed by atoms with Crippen LogP contribution in [0.15, 0.2) is 59.5 Å². The summed E-state index contributed by atoms with van der Waals surface area (Å²) < 4.78 is 26.6. The first kappa shape index (κ1) is 13.7. The number of nitrogens with one attached hydrogen (secondary N) is 1. The fourth-order valence-electron chi connectivity index (χ4n) is 1.65. The highest BCUT2D eigenvalue weighted by molar-refractivity contribution is 7.89. The van der Waals surface area contributed by atoms with Crippen LogP contribution in [0, 0.1) is 0 Å². The molecule has 2 aromatic rings. The molecule has 0 saturated heterocycles. The van der Waals surface area contributed by atoms with Crippen molar-refractivity contribution >= 4 is 10.0 Å². The van der Waals surface area contributed by atoms with Gasteiger partial charge in [0.1, 0.15) is 0 Å². The van der Waals surface area contributed by atoms with E-state index in [4.69, 9.17) is 5.73 Å². The summed E-state index contributed by atoms with van der Waals surface area (Å²) in [5.74, 6) is 0. The van der Waals surface area contributed by atoms with E-state index in [0.717, 1.165) is 11.1 Å². The van der Waals surface area contributed by atoms with Gasteiger partial charge >= 0.3 is 0 Å². The monoisotopic (exact) mass is 276 g/mol. The second-order valence-corrected chi connectivity index (χ2v) is 5.93. The van der Waals surface area contributed by atoms with Crippen molar-refractivity contribution in [2.75, 3.05) is 0 Å². The van der Waals surface area contributed by atoms with Gasteiger partial charge in [0, 0.05) is 13.1 Å². The van der Waals surface area contributed by atoms with Crippen LogP contribution in [0.1, 0.15) is 11.1 Å². The minimum atomic E-state index is -3.45. The smallest absolute Gasteiger partial charge is 0.240 e. The van der Waals surface area contributed by atoms with E-state index in [0.29, 0.717) is 6.54 Å². The van der Waals surface area contributed by atoms with E-state index in [-0.39, 0.29) is 11.4 Å². The SMILES string of the molecule is NCc1ccc(CNS(=O)(=O)c2ccccc2)cc1. The fourth-order valence-corrected chi connectivity index (χ4v) is 2.69.